The summed E-state index contributed by atoms with van der Waals surface area (Å²) in [6.07, 6.45) is -1.14. The number of nitrogens with one attached hydrogen (secondary N) is 1. The van der Waals surface area contributed by atoms with Gasteiger partial charge in [0.05, 0.1) is 6.42 Å². The first kappa shape index (κ1) is 20.5. The van der Waals surface area contributed by atoms with Crippen LogP contribution in [0.5, 0.6) is 0 Å². The van der Waals surface area contributed by atoms with Crippen LogP contribution in [-0.2, 0) is 26.0 Å². The van der Waals surface area contributed by atoms with Gasteiger partial charge in [-0.25, -0.2) is 8.42 Å². The molecule has 1 aromatic carbocycles. The van der Waals surface area contributed by atoms with Crippen LogP contribution >= 0.6 is 11.3 Å². The van der Waals surface area contributed by atoms with E-state index in [0.29, 0.717) is 0 Å². The highest BCUT2D eigenvalue weighted by Gasteiger charge is 2.46. The third-order valence-electron chi connectivity index (χ3n) is 4.38. The third kappa shape index (κ3) is 4.25. The Balaban J connectivity index is 1.87. The second-order valence-electron chi connectivity index (χ2n) is 6.25. The molecule has 2 amide bonds. The number of hydrogen-bond acceptors (Lipinski definition) is 6. The smallest absolute Gasteiger partial charge is 0.259 e. The second-order valence-corrected chi connectivity index (χ2v) is 9.32. The van der Waals surface area contributed by atoms with Gasteiger partial charge in [0.25, 0.3) is 15.9 Å². The summed E-state index contributed by atoms with van der Waals surface area (Å²) < 4.78 is 27.2. The molecule has 0 saturated carbocycles. The summed E-state index contributed by atoms with van der Waals surface area (Å²) in [6, 6.07) is 12.3. The number of thiophene rings is 1. The molecule has 1 fully saturated rings. The van der Waals surface area contributed by atoms with E-state index in [1.165, 1.54) is 11.0 Å². The van der Waals surface area contributed by atoms with Crippen LogP contribution in [0.2, 0.25) is 0 Å². The van der Waals surface area contributed by atoms with Crippen molar-refractivity contribution in [3.05, 3.63) is 53.4 Å². The van der Waals surface area contributed by atoms with Crippen molar-refractivity contribution < 1.29 is 18.0 Å². The van der Waals surface area contributed by atoms with Gasteiger partial charge in [0, 0.05) is 26.2 Å². The lowest BCUT2D eigenvalue weighted by molar-refractivity contribution is -0.140. The predicted molar refractivity (Wildman–Crippen MR) is 106 cm³/mol. The second kappa shape index (κ2) is 8.82. The zero-order chi connectivity index (χ0) is 20.1. The molecule has 150 valence electrons. The van der Waals surface area contributed by atoms with Crippen LogP contribution in [0.3, 0.4) is 0 Å². The Bertz CT molecular complexity index is 916. The number of rotatable bonds is 7. The maximum Gasteiger partial charge on any atom is 0.259 e. The van der Waals surface area contributed by atoms with E-state index >= 15 is 0 Å². The summed E-state index contributed by atoms with van der Waals surface area (Å²) in [5, 5.41) is 4.27. The van der Waals surface area contributed by atoms with Gasteiger partial charge in [-0.2, -0.15) is 4.31 Å². The molecule has 28 heavy (non-hydrogen) atoms. The van der Waals surface area contributed by atoms with Crippen molar-refractivity contribution in [3.63, 3.8) is 0 Å². The molecule has 1 saturated heterocycles. The number of nitrogens with two attached hydrogens (primary N) is 1. The molecule has 1 atom stereocenters. The number of benzene rings is 1. The quantitative estimate of drug-likeness (QED) is 0.663. The van der Waals surface area contributed by atoms with E-state index in [1.807, 2.05) is 30.3 Å². The Labute approximate surface area is 168 Å². The van der Waals surface area contributed by atoms with Gasteiger partial charge in [0.15, 0.2) is 6.17 Å². The van der Waals surface area contributed by atoms with E-state index in [4.69, 9.17) is 5.73 Å². The van der Waals surface area contributed by atoms with Crippen LogP contribution in [0.25, 0.3) is 0 Å². The average Bonchev–Trinajstić information content (AvgIpc) is 3.37. The van der Waals surface area contributed by atoms with Crippen LogP contribution in [0, 0.1) is 0 Å². The number of hydrogen-bond donors (Lipinski definition) is 2. The van der Waals surface area contributed by atoms with Crippen molar-refractivity contribution in [3.8, 4) is 0 Å². The number of nitrogens with zero attached hydrogens (tertiary/aromatic N) is 2. The summed E-state index contributed by atoms with van der Waals surface area (Å²) in [4.78, 5) is 26.9. The van der Waals surface area contributed by atoms with Crippen LogP contribution in [0.4, 0.5) is 0 Å². The minimum atomic E-state index is -3.89. The SMILES string of the molecule is NCCNC(=O)C1N(C(=O)Cc2ccccc2)CCN1S(=O)(=O)c1cccs1. The molecule has 0 radical (unpaired) electrons. The van der Waals surface area contributed by atoms with Gasteiger partial charge in [-0.05, 0) is 17.0 Å². The third-order valence-corrected chi connectivity index (χ3v) is 7.61. The Hall–Kier alpha value is -2.27. The topological polar surface area (TPSA) is 113 Å². The Morgan fingerprint density at radius 1 is 1.14 bits per heavy atom. The van der Waals surface area contributed by atoms with E-state index in [9.17, 15) is 18.0 Å². The largest absolute Gasteiger partial charge is 0.352 e. The molecule has 8 nitrogen and oxygen atoms in total. The van der Waals surface area contributed by atoms with Crippen LogP contribution in [-0.4, -0.2) is 61.8 Å². The number of amides is 2. The van der Waals surface area contributed by atoms with Gasteiger partial charge < -0.3 is 16.0 Å². The molecule has 3 rings (SSSR count). The van der Waals surface area contributed by atoms with Crippen LogP contribution < -0.4 is 11.1 Å². The first-order chi connectivity index (χ1) is 13.4. The average molecular weight is 423 g/mol. The highest BCUT2D eigenvalue weighted by Crippen LogP contribution is 2.27. The molecule has 1 aliphatic rings. The lowest BCUT2D eigenvalue weighted by Crippen LogP contribution is -2.54. The molecule has 1 aromatic heterocycles. The van der Waals surface area contributed by atoms with Gasteiger partial charge in [-0.1, -0.05) is 36.4 Å². The summed E-state index contributed by atoms with van der Waals surface area (Å²) in [7, 11) is -3.89. The summed E-state index contributed by atoms with van der Waals surface area (Å²) >= 11 is 1.08. The summed E-state index contributed by atoms with van der Waals surface area (Å²) in [6.45, 7) is 0.621. The lowest BCUT2D eigenvalue weighted by Gasteiger charge is -2.28. The van der Waals surface area contributed by atoms with Crippen molar-refractivity contribution in [2.24, 2.45) is 5.73 Å². The number of carbonyl (C=O) groups is 2. The molecule has 3 N–H and O–H groups in total. The highest BCUT2D eigenvalue weighted by atomic mass is 32.2. The summed E-state index contributed by atoms with van der Waals surface area (Å²) in [5.41, 5.74) is 6.24. The molecule has 1 aliphatic heterocycles. The predicted octanol–water partition coefficient (Wildman–Crippen LogP) is 0.225. The molecule has 0 spiro atoms. The fourth-order valence-corrected chi connectivity index (χ4v) is 5.74. The van der Waals surface area contributed by atoms with E-state index in [2.05, 4.69) is 5.32 Å². The van der Waals surface area contributed by atoms with Crippen molar-refractivity contribution in [2.75, 3.05) is 26.2 Å². The van der Waals surface area contributed by atoms with Crippen LogP contribution in [0.15, 0.2) is 52.1 Å². The zero-order valence-electron chi connectivity index (χ0n) is 15.2. The number of sulfonamides is 1. The molecular formula is C18H22N4O4S2. The first-order valence-electron chi connectivity index (χ1n) is 8.81. The fraction of sp³-hybridized carbons (Fsp3) is 0.333. The van der Waals surface area contributed by atoms with Crippen molar-refractivity contribution in [1.29, 1.82) is 0 Å². The Morgan fingerprint density at radius 2 is 1.89 bits per heavy atom. The van der Waals surface area contributed by atoms with Crippen molar-refractivity contribution in [2.45, 2.75) is 16.8 Å². The molecular weight excluding hydrogens is 400 g/mol. The fourth-order valence-electron chi connectivity index (χ4n) is 3.08. The molecule has 0 aliphatic carbocycles. The lowest BCUT2D eigenvalue weighted by atomic mass is 10.1. The maximum atomic E-state index is 13.0. The van der Waals surface area contributed by atoms with E-state index < -0.39 is 22.1 Å². The van der Waals surface area contributed by atoms with Gasteiger partial charge in [0.2, 0.25) is 5.91 Å². The van der Waals surface area contributed by atoms with Crippen LogP contribution in [0.1, 0.15) is 5.56 Å². The van der Waals surface area contributed by atoms with Crippen molar-refractivity contribution in [1.82, 2.24) is 14.5 Å². The molecule has 2 heterocycles. The van der Waals surface area contributed by atoms with E-state index in [-0.39, 0.29) is 42.7 Å². The summed E-state index contributed by atoms with van der Waals surface area (Å²) in [5.74, 6) is -0.854. The molecule has 2 aromatic rings. The number of carbonyl (C=O) groups excluding carboxylic acids is 2. The zero-order valence-corrected chi connectivity index (χ0v) is 16.8. The normalized spacial score (nSPS) is 17.6. The van der Waals surface area contributed by atoms with E-state index in [1.54, 1.807) is 11.4 Å². The van der Waals surface area contributed by atoms with Crippen molar-refractivity contribution >= 4 is 33.2 Å². The standard InChI is InChI=1S/C18H22N4O4S2/c19-8-9-20-17(24)18-21(15(23)13-14-5-2-1-3-6-14)10-11-22(18)28(25,26)16-7-4-12-27-16/h1-7,12,18H,8-11,13,19H2,(H,20,24). The monoisotopic (exact) mass is 422 g/mol. The van der Waals surface area contributed by atoms with Gasteiger partial charge >= 0.3 is 0 Å². The molecule has 0 bridgehead atoms. The molecule has 1 unspecified atom stereocenters. The highest BCUT2D eigenvalue weighted by molar-refractivity contribution is 7.91. The minimum absolute atomic E-state index is 0.0570. The Morgan fingerprint density at radius 3 is 2.54 bits per heavy atom. The van der Waals surface area contributed by atoms with Gasteiger partial charge in [-0.15, -0.1) is 11.3 Å². The molecule has 10 heteroatoms. The Kier molecular flexibility index (Phi) is 6.45. The van der Waals surface area contributed by atoms with E-state index in [0.717, 1.165) is 21.2 Å². The van der Waals surface area contributed by atoms with Gasteiger partial charge in [0.1, 0.15) is 4.21 Å². The van der Waals surface area contributed by atoms with Gasteiger partial charge in [-0.3, -0.25) is 9.59 Å². The first-order valence-corrected chi connectivity index (χ1v) is 11.1. The maximum absolute atomic E-state index is 13.0. The minimum Gasteiger partial charge on any atom is -0.352 e.